The minimum Gasteiger partial charge on any atom is -0.353 e. The molecule has 1 aliphatic carbocycles. The third-order valence-corrected chi connectivity index (χ3v) is 5.35. The van der Waals surface area contributed by atoms with Crippen LogP contribution in [0.4, 0.5) is 0 Å². The van der Waals surface area contributed by atoms with Crippen molar-refractivity contribution >= 4 is 11.8 Å². The zero-order valence-corrected chi connectivity index (χ0v) is 15.5. The molecular weight excluding hydrogens is 288 g/mol. The van der Waals surface area contributed by atoms with Crippen molar-refractivity contribution in [3.63, 3.8) is 0 Å². The molecule has 2 rings (SSSR count). The second-order valence-electron chi connectivity index (χ2n) is 8.33. The average Bonchev–Trinajstić information content (AvgIpc) is 2.99. The lowest BCUT2D eigenvalue weighted by atomic mass is 10.0. The quantitative estimate of drug-likeness (QED) is 0.810. The summed E-state index contributed by atoms with van der Waals surface area (Å²) in [5.74, 6) is 0.911. The lowest BCUT2D eigenvalue weighted by Crippen LogP contribution is -2.48. The van der Waals surface area contributed by atoms with Gasteiger partial charge in [0.15, 0.2) is 0 Å². The molecule has 1 N–H and O–H groups in total. The van der Waals surface area contributed by atoms with Gasteiger partial charge in [-0.3, -0.25) is 9.59 Å². The van der Waals surface area contributed by atoms with E-state index in [1.54, 1.807) is 0 Å². The Labute approximate surface area is 140 Å². The van der Waals surface area contributed by atoms with Crippen molar-refractivity contribution in [2.24, 2.45) is 23.2 Å². The second kappa shape index (κ2) is 6.66. The molecule has 1 saturated heterocycles. The summed E-state index contributed by atoms with van der Waals surface area (Å²) in [5, 5.41) is 3.22. The third-order valence-electron chi connectivity index (χ3n) is 5.35. The minimum atomic E-state index is 0.0539. The fourth-order valence-corrected chi connectivity index (χ4v) is 3.75. The number of hydrogen-bond acceptors (Lipinski definition) is 2. The number of piperidine rings is 1. The molecule has 2 fully saturated rings. The summed E-state index contributed by atoms with van der Waals surface area (Å²) in [6, 6.07) is 0.211. The smallest absolute Gasteiger partial charge is 0.225 e. The summed E-state index contributed by atoms with van der Waals surface area (Å²) in [6.07, 6.45) is 3.96. The van der Waals surface area contributed by atoms with E-state index in [2.05, 4.69) is 39.1 Å². The van der Waals surface area contributed by atoms with E-state index in [1.807, 2.05) is 18.7 Å². The molecule has 0 spiro atoms. The Kier molecular flexibility index (Phi) is 5.22. The topological polar surface area (TPSA) is 49.4 Å². The van der Waals surface area contributed by atoms with Gasteiger partial charge in [-0.2, -0.15) is 0 Å². The number of nitrogens with zero attached hydrogens (tertiary/aromatic N) is 1. The van der Waals surface area contributed by atoms with E-state index in [1.165, 1.54) is 5.57 Å². The SMILES string of the molecule is CC(C)=C[C@H]1[C@@H](C(=O)NC2CCN(C(=O)C(C)C)CC2)C1(C)C. The van der Waals surface area contributed by atoms with E-state index < -0.39 is 0 Å². The first-order valence-electron chi connectivity index (χ1n) is 8.88. The van der Waals surface area contributed by atoms with E-state index >= 15 is 0 Å². The fourth-order valence-electron chi connectivity index (χ4n) is 3.75. The highest BCUT2D eigenvalue weighted by Crippen LogP contribution is 2.59. The van der Waals surface area contributed by atoms with Gasteiger partial charge in [0, 0.05) is 25.0 Å². The molecule has 0 bridgehead atoms. The van der Waals surface area contributed by atoms with Crippen LogP contribution in [0.1, 0.15) is 54.4 Å². The van der Waals surface area contributed by atoms with Crippen molar-refractivity contribution in [2.75, 3.05) is 13.1 Å². The number of hydrogen-bond donors (Lipinski definition) is 1. The van der Waals surface area contributed by atoms with Gasteiger partial charge in [-0.1, -0.05) is 39.3 Å². The van der Waals surface area contributed by atoms with Crippen LogP contribution in [0.15, 0.2) is 11.6 Å². The predicted octanol–water partition coefficient (Wildman–Crippen LogP) is 2.99. The molecule has 1 heterocycles. The Morgan fingerprint density at radius 2 is 1.74 bits per heavy atom. The van der Waals surface area contributed by atoms with Crippen LogP contribution in [0.2, 0.25) is 0 Å². The van der Waals surface area contributed by atoms with Gasteiger partial charge in [-0.15, -0.1) is 0 Å². The summed E-state index contributed by atoms with van der Waals surface area (Å²) in [4.78, 5) is 26.5. The van der Waals surface area contributed by atoms with Crippen molar-refractivity contribution in [1.82, 2.24) is 10.2 Å². The van der Waals surface area contributed by atoms with Crippen molar-refractivity contribution in [3.05, 3.63) is 11.6 Å². The van der Waals surface area contributed by atoms with Gasteiger partial charge in [0.2, 0.25) is 11.8 Å². The van der Waals surface area contributed by atoms with E-state index in [9.17, 15) is 9.59 Å². The molecule has 0 aromatic carbocycles. The molecular formula is C19H32N2O2. The van der Waals surface area contributed by atoms with Crippen molar-refractivity contribution < 1.29 is 9.59 Å². The van der Waals surface area contributed by atoms with Crippen LogP contribution in [0.3, 0.4) is 0 Å². The zero-order chi connectivity index (χ0) is 17.4. The number of nitrogens with one attached hydrogen (secondary N) is 1. The largest absolute Gasteiger partial charge is 0.353 e. The standard InChI is InChI=1S/C19H32N2O2/c1-12(2)11-15-16(19(15,5)6)17(22)20-14-7-9-21(10-8-14)18(23)13(3)4/h11,13-16H,7-10H2,1-6H3,(H,20,22)/t15-,16-/m0/s1. The van der Waals surface area contributed by atoms with Crippen molar-refractivity contribution in [2.45, 2.75) is 60.4 Å². The molecule has 0 aromatic rings. The highest BCUT2D eigenvalue weighted by molar-refractivity contribution is 5.84. The lowest BCUT2D eigenvalue weighted by Gasteiger charge is -2.33. The molecule has 0 aromatic heterocycles. The molecule has 0 radical (unpaired) electrons. The van der Waals surface area contributed by atoms with E-state index in [0.717, 1.165) is 25.9 Å². The van der Waals surface area contributed by atoms with Gasteiger partial charge in [0.25, 0.3) is 0 Å². The van der Waals surface area contributed by atoms with Crippen molar-refractivity contribution in [3.8, 4) is 0 Å². The van der Waals surface area contributed by atoms with E-state index in [-0.39, 0.29) is 35.1 Å². The zero-order valence-electron chi connectivity index (χ0n) is 15.5. The Hall–Kier alpha value is -1.32. The van der Waals surface area contributed by atoms with Gasteiger partial charge < -0.3 is 10.2 Å². The number of carbonyl (C=O) groups is 2. The first kappa shape index (κ1) is 18.0. The molecule has 1 saturated carbocycles. The summed E-state index contributed by atoms with van der Waals surface area (Å²) >= 11 is 0. The number of likely N-dealkylation sites (tertiary alicyclic amines) is 1. The maximum absolute atomic E-state index is 12.6. The van der Waals surface area contributed by atoms with Crippen LogP contribution in [0.5, 0.6) is 0 Å². The molecule has 2 aliphatic rings. The van der Waals surface area contributed by atoms with Gasteiger partial charge in [-0.05, 0) is 38.0 Å². The second-order valence-corrected chi connectivity index (χ2v) is 8.33. The summed E-state index contributed by atoms with van der Waals surface area (Å²) in [7, 11) is 0. The van der Waals surface area contributed by atoms with Crippen LogP contribution in [0.25, 0.3) is 0 Å². The first-order valence-corrected chi connectivity index (χ1v) is 8.88. The minimum absolute atomic E-state index is 0.0539. The highest BCUT2D eigenvalue weighted by Gasteiger charge is 2.60. The molecule has 23 heavy (non-hydrogen) atoms. The first-order chi connectivity index (χ1) is 10.6. The molecule has 4 heteroatoms. The maximum atomic E-state index is 12.6. The Bertz CT molecular complexity index is 495. The monoisotopic (exact) mass is 320 g/mol. The predicted molar refractivity (Wildman–Crippen MR) is 92.8 cm³/mol. The van der Waals surface area contributed by atoms with Crippen LogP contribution in [0, 0.1) is 23.2 Å². The Morgan fingerprint density at radius 1 is 1.17 bits per heavy atom. The van der Waals surface area contributed by atoms with Crippen molar-refractivity contribution in [1.29, 1.82) is 0 Å². The Balaban J connectivity index is 1.84. The molecule has 0 unspecified atom stereocenters. The molecule has 2 atom stereocenters. The lowest BCUT2D eigenvalue weighted by molar-refractivity contribution is -0.135. The molecule has 4 nitrogen and oxygen atoms in total. The number of carbonyl (C=O) groups excluding carboxylic acids is 2. The number of allylic oxidation sites excluding steroid dienone is 2. The fraction of sp³-hybridized carbons (Fsp3) is 0.789. The highest BCUT2D eigenvalue weighted by atomic mass is 16.2. The third kappa shape index (κ3) is 3.96. The van der Waals surface area contributed by atoms with E-state index in [4.69, 9.17) is 0 Å². The van der Waals surface area contributed by atoms with Crippen LogP contribution in [-0.2, 0) is 9.59 Å². The summed E-state index contributed by atoms with van der Waals surface area (Å²) in [5.41, 5.74) is 1.34. The van der Waals surface area contributed by atoms with Crippen LogP contribution < -0.4 is 5.32 Å². The maximum Gasteiger partial charge on any atom is 0.225 e. The normalized spacial score (nSPS) is 26.8. The van der Waals surface area contributed by atoms with Crippen LogP contribution >= 0.6 is 0 Å². The number of rotatable bonds is 4. The summed E-state index contributed by atoms with van der Waals surface area (Å²) < 4.78 is 0. The van der Waals surface area contributed by atoms with Crippen LogP contribution in [-0.4, -0.2) is 35.8 Å². The average molecular weight is 320 g/mol. The summed E-state index contributed by atoms with van der Waals surface area (Å²) in [6.45, 7) is 13.9. The molecule has 1 aliphatic heterocycles. The van der Waals surface area contributed by atoms with Gasteiger partial charge in [0.05, 0.1) is 5.92 Å². The number of amides is 2. The molecule has 130 valence electrons. The molecule has 2 amide bonds. The van der Waals surface area contributed by atoms with Gasteiger partial charge in [0.1, 0.15) is 0 Å². The Morgan fingerprint density at radius 3 is 2.22 bits per heavy atom. The van der Waals surface area contributed by atoms with E-state index in [0.29, 0.717) is 5.92 Å². The van der Waals surface area contributed by atoms with Gasteiger partial charge in [-0.25, -0.2) is 0 Å². The van der Waals surface area contributed by atoms with Gasteiger partial charge >= 0.3 is 0 Å².